The van der Waals surface area contributed by atoms with Crippen LogP contribution in [-0.4, -0.2) is 25.1 Å². The van der Waals surface area contributed by atoms with Gasteiger partial charge < -0.3 is 19.8 Å². The Morgan fingerprint density at radius 3 is 2.60 bits per heavy atom. The van der Waals surface area contributed by atoms with Crippen LogP contribution in [0.15, 0.2) is 47.3 Å². The quantitative estimate of drug-likeness (QED) is 0.752. The molecule has 0 atom stereocenters. The van der Waals surface area contributed by atoms with Gasteiger partial charge in [-0.1, -0.05) is 12.1 Å². The van der Waals surface area contributed by atoms with Gasteiger partial charge in [0.2, 0.25) is 0 Å². The average molecular weight is 274 g/mol. The molecule has 20 heavy (non-hydrogen) atoms. The minimum Gasteiger partial charge on any atom is -0.494 e. The molecule has 1 heterocycles. The number of ether oxygens (including phenoxy) is 1. The summed E-state index contributed by atoms with van der Waals surface area (Å²) in [5.74, 6) is 0.902. The molecule has 1 aromatic carbocycles. The Kier molecular flexibility index (Phi) is 5.65. The zero-order valence-corrected chi connectivity index (χ0v) is 11.9. The first-order chi connectivity index (χ1) is 9.78. The van der Waals surface area contributed by atoms with Gasteiger partial charge in [0.25, 0.3) is 0 Å². The highest BCUT2D eigenvalue weighted by Crippen LogP contribution is 2.12. The molecule has 2 rings (SSSR count). The van der Waals surface area contributed by atoms with Crippen molar-refractivity contribution in [3.63, 3.8) is 0 Å². The topological polar surface area (TPSA) is 51.6 Å². The second-order valence-corrected chi connectivity index (χ2v) is 4.92. The molecule has 0 radical (unpaired) electrons. The van der Waals surface area contributed by atoms with E-state index in [9.17, 15) is 0 Å². The molecular formula is C16H22N2O2. The van der Waals surface area contributed by atoms with Crippen LogP contribution in [0.2, 0.25) is 0 Å². The van der Waals surface area contributed by atoms with Crippen LogP contribution in [0.3, 0.4) is 0 Å². The van der Waals surface area contributed by atoms with Crippen LogP contribution in [0.25, 0.3) is 0 Å². The first kappa shape index (κ1) is 14.6. The maximum atomic E-state index is 5.71. The maximum absolute atomic E-state index is 5.71. The van der Waals surface area contributed by atoms with Gasteiger partial charge in [-0.15, -0.1) is 0 Å². The molecule has 0 aliphatic rings. The van der Waals surface area contributed by atoms with Gasteiger partial charge >= 0.3 is 0 Å². The van der Waals surface area contributed by atoms with Crippen molar-refractivity contribution in [2.45, 2.75) is 19.5 Å². The van der Waals surface area contributed by atoms with E-state index >= 15 is 0 Å². The van der Waals surface area contributed by atoms with E-state index in [1.807, 2.05) is 30.3 Å². The van der Waals surface area contributed by atoms with Crippen molar-refractivity contribution in [3.8, 4) is 5.75 Å². The lowest BCUT2D eigenvalue weighted by atomic mass is 10.2. The molecule has 0 spiro atoms. The summed E-state index contributed by atoms with van der Waals surface area (Å²) in [6.07, 6.45) is 4.48. The summed E-state index contributed by atoms with van der Waals surface area (Å²) in [4.78, 5) is 2.26. The smallest absolute Gasteiger partial charge is 0.119 e. The van der Waals surface area contributed by atoms with E-state index in [2.05, 4.69) is 11.9 Å². The highest BCUT2D eigenvalue weighted by Gasteiger charge is 2.01. The van der Waals surface area contributed by atoms with Crippen molar-refractivity contribution in [1.29, 1.82) is 0 Å². The molecule has 0 saturated carbocycles. The van der Waals surface area contributed by atoms with Crippen molar-refractivity contribution < 1.29 is 9.15 Å². The molecule has 4 nitrogen and oxygen atoms in total. The number of benzene rings is 1. The summed E-state index contributed by atoms with van der Waals surface area (Å²) >= 11 is 0. The Morgan fingerprint density at radius 2 is 1.95 bits per heavy atom. The van der Waals surface area contributed by atoms with E-state index in [0.717, 1.165) is 37.4 Å². The molecule has 0 aliphatic heterocycles. The average Bonchev–Trinajstić information content (AvgIpc) is 2.97. The zero-order valence-electron chi connectivity index (χ0n) is 11.9. The van der Waals surface area contributed by atoms with Crippen LogP contribution in [0.1, 0.15) is 17.5 Å². The van der Waals surface area contributed by atoms with Gasteiger partial charge in [0, 0.05) is 25.2 Å². The minimum atomic E-state index is 0.569. The van der Waals surface area contributed by atoms with Gasteiger partial charge in [0.1, 0.15) is 5.75 Å². The maximum Gasteiger partial charge on any atom is 0.119 e. The van der Waals surface area contributed by atoms with Gasteiger partial charge in [0.15, 0.2) is 0 Å². The SMILES string of the molecule is CN(CCCOc1ccc(CN)cc1)Cc1ccoc1. The monoisotopic (exact) mass is 274 g/mol. The number of nitrogens with two attached hydrogens (primary N) is 1. The fraction of sp³-hybridized carbons (Fsp3) is 0.375. The Morgan fingerprint density at radius 1 is 1.15 bits per heavy atom. The summed E-state index contributed by atoms with van der Waals surface area (Å²) in [6, 6.07) is 9.93. The van der Waals surface area contributed by atoms with Crippen LogP contribution in [0.4, 0.5) is 0 Å². The highest BCUT2D eigenvalue weighted by molar-refractivity contribution is 5.27. The molecule has 0 unspecified atom stereocenters. The number of hydrogen-bond acceptors (Lipinski definition) is 4. The fourth-order valence-corrected chi connectivity index (χ4v) is 2.02. The molecule has 2 aromatic rings. The van der Waals surface area contributed by atoms with E-state index in [-0.39, 0.29) is 0 Å². The number of hydrogen-bond donors (Lipinski definition) is 1. The lowest BCUT2D eigenvalue weighted by Gasteiger charge is -2.15. The lowest BCUT2D eigenvalue weighted by Crippen LogP contribution is -2.20. The molecule has 2 N–H and O–H groups in total. The van der Waals surface area contributed by atoms with E-state index in [0.29, 0.717) is 6.54 Å². The van der Waals surface area contributed by atoms with Crippen LogP contribution in [-0.2, 0) is 13.1 Å². The molecule has 1 aromatic heterocycles. The number of nitrogens with zero attached hydrogens (tertiary/aromatic N) is 1. The molecule has 0 bridgehead atoms. The predicted molar refractivity (Wildman–Crippen MR) is 79.5 cm³/mol. The Labute approximate surface area is 120 Å². The first-order valence-corrected chi connectivity index (χ1v) is 6.89. The van der Waals surface area contributed by atoms with Crippen molar-refractivity contribution in [2.75, 3.05) is 20.2 Å². The Hall–Kier alpha value is -1.78. The second kappa shape index (κ2) is 7.72. The summed E-state index contributed by atoms with van der Waals surface area (Å²) in [5, 5.41) is 0. The number of furan rings is 1. The van der Waals surface area contributed by atoms with Gasteiger partial charge in [-0.25, -0.2) is 0 Å². The third kappa shape index (κ3) is 4.72. The van der Waals surface area contributed by atoms with Crippen LogP contribution in [0.5, 0.6) is 5.75 Å². The third-order valence-corrected chi connectivity index (χ3v) is 3.14. The number of rotatable bonds is 8. The predicted octanol–water partition coefficient (Wildman–Crippen LogP) is 2.64. The van der Waals surface area contributed by atoms with Crippen molar-refractivity contribution in [1.82, 2.24) is 4.90 Å². The van der Waals surface area contributed by atoms with Crippen molar-refractivity contribution in [3.05, 3.63) is 54.0 Å². The van der Waals surface area contributed by atoms with E-state index in [1.165, 1.54) is 5.56 Å². The molecule has 4 heteroatoms. The normalized spacial score (nSPS) is 10.9. The standard InChI is InChI=1S/C16H22N2O2/c1-18(12-15-7-10-19-13-15)8-2-9-20-16-5-3-14(11-17)4-6-16/h3-7,10,13H,2,8-9,11-12,17H2,1H3. The molecule has 108 valence electrons. The molecule has 0 amide bonds. The van der Waals surface area contributed by atoms with Gasteiger partial charge in [0.05, 0.1) is 19.1 Å². The van der Waals surface area contributed by atoms with Crippen LogP contribution >= 0.6 is 0 Å². The summed E-state index contributed by atoms with van der Waals surface area (Å²) < 4.78 is 10.8. The first-order valence-electron chi connectivity index (χ1n) is 6.89. The van der Waals surface area contributed by atoms with E-state index < -0.39 is 0 Å². The highest BCUT2D eigenvalue weighted by atomic mass is 16.5. The van der Waals surface area contributed by atoms with Gasteiger partial charge in [-0.3, -0.25) is 0 Å². The fourth-order valence-electron chi connectivity index (χ4n) is 2.02. The summed E-state index contributed by atoms with van der Waals surface area (Å²) in [5.41, 5.74) is 7.88. The Balaban J connectivity index is 1.63. The molecule has 0 aliphatic carbocycles. The largest absolute Gasteiger partial charge is 0.494 e. The minimum absolute atomic E-state index is 0.569. The van der Waals surface area contributed by atoms with E-state index in [4.69, 9.17) is 14.9 Å². The molecule has 0 saturated heterocycles. The second-order valence-electron chi connectivity index (χ2n) is 4.92. The van der Waals surface area contributed by atoms with Crippen LogP contribution < -0.4 is 10.5 Å². The Bertz CT molecular complexity index is 480. The molecule has 0 fully saturated rings. The van der Waals surface area contributed by atoms with Gasteiger partial charge in [-0.2, -0.15) is 0 Å². The zero-order chi connectivity index (χ0) is 14.2. The third-order valence-electron chi connectivity index (χ3n) is 3.14. The summed E-state index contributed by atoms with van der Waals surface area (Å²) in [7, 11) is 2.10. The van der Waals surface area contributed by atoms with Crippen LogP contribution in [0, 0.1) is 0 Å². The van der Waals surface area contributed by atoms with Crippen molar-refractivity contribution in [2.24, 2.45) is 5.73 Å². The van der Waals surface area contributed by atoms with Crippen molar-refractivity contribution >= 4 is 0 Å². The van der Waals surface area contributed by atoms with E-state index in [1.54, 1.807) is 12.5 Å². The summed E-state index contributed by atoms with van der Waals surface area (Å²) in [6.45, 7) is 3.19. The molecular weight excluding hydrogens is 252 g/mol. The lowest BCUT2D eigenvalue weighted by molar-refractivity contribution is 0.258. The van der Waals surface area contributed by atoms with Gasteiger partial charge in [-0.05, 0) is 37.2 Å².